The first-order chi connectivity index (χ1) is 34.8. The van der Waals surface area contributed by atoms with Gasteiger partial charge in [0.2, 0.25) is 0 Å². The van der Waals surface area contributed by atoms with Gasteiger partial charge in [0.05, 0.1) is 63.0 Å². The van der Waals surface area contributed by atoms with Crippen LogP contribution in [0.2, 0.25) is 0 Å². The average Bonchev–Trinajstić information content (AvgIpc) is 4.22. The van der Waals surface area contributed by atoms with Gasteiger partial charge in [-0.1, -0.05) is 28.7 Å². The Morgan fingerprint density at radius 3 is 1.97 bits per heavy atom. The highest BCUT2D eigenvalue weighted by atomic mass is 127. The third-order valence-electron chi connectivity index (χ3n) is 15.4. The molecule has 4 aliphatic heterocycles. The molecular weight excluding hydrogens is 1020 g/mol. The molecule has 4 aliphatic rings. The number of piperazine rings is 2. The maximum absolute atomic E-state index is 14.6. The van der Waals surface area contributed by atoms with Gasteiger partial charge in [0, 0.05) is 117 Å². The van der Waals surface area contributed by atoms with Crippen LogP contribution in [-0.2, 0) is 18.3 Å². The number of aryl methyl sites for hydroxylation is 2. The zero-order chi connectivity index (χ0) is 50.2. The van der Waals surface area contributed by atoms with Gasteiger partial charge >= 0.3 is 0 Å². The molecule has 4 fully saturated rings. The SMILES string of the molecule is COc1cc(-c2cnn(Cc3cc(N4CCN(CC5COC5)CC4)cc(C(=O)N[C@H](C)c4cc(OC)cc(-c5cnn(C)c5)c4)c3C)c2)cc([C@@H](C)NC(=O)c2cc(N3C[C@H]4C[C@@H]3CN4CI)ccc2C)c1. The molecular formula is C56H67IN10O5. The lowest BCUT2D eigenvalue weighted by atomic mass is 9.98. The number of benzene rings is 4. The van der Waals surface area contributed by atoms with Crippen LogP contribution in [0.3, 0.4) is 0 Å². The Morgan fingerprint density at radius 1 is 0.750 bits per heavy atom. The Morgan fingerprint density at radius 2 is 1.39 bits per heavy atom. The monoisotopic (exact) mass is 1090 g/mol. The van der Waals surface area contributed by atoms with Gasteiger partial charge in [0.1, 0.15) is 11.5 Å². The predicted molar refractivity (Wildman–Crippen MR) is 291 cm³/mol. The minimum absolute atomic E-state index is 0.0988. The molecule has 72 heavy (non-hydrogen) atoms. The standard InChI is InChI=1S/C56H67IN10O5/c1-35-8-9-47(67-31-49-21-50(67)30-65(49)34-57)22-53(35)55(68)60-37(3)41-15-43(20-52(18-41)71-7)46-25-59-66(29-46)28-44-16-48(64-12-10-63(11-13-64)26-39-32-72-33-39)23-54(36(44)2)56(69)61-38(4)40-14-42(19-51(17-40)70-6)45-24-58-62(5)27-45/h8-9,14-20,22-25,27,29,37-39,49-50H,10-13,21,26,28,30-34H2,1-7H3,(H,60,68)(H,61,69)/t37-,38-,49-,50-/m1/s1. The summed E-state index contributed by atoms with van der Waals surface area (Å²) >= 11 is 2.46. The van der Waals surface area contributed by atoms with E-state index in [1.807, 2.05) is 88.5 Å². The summed E-state index contributed by atoms with van der Waals surface area (Å²) in [4.78, 5) is 38.6. The molecule has 0 spiro atoms. The lowest BCUT2D eigenvalue weighted by Gasteiger charge is -2.39. The van der Waals surface area contributed by atoms with Gasteiger partial charge < -0.3 is 34.6 Å². The van der Waals surface area contributed by atoms with Gasteiger partial charge in [0.25, 0.3) is 11.8 Å². The lowest BCUT2D eigenvalue weighted by molar-refractivity contribution is -0.0468. The number of alkyl halides is 1. The molecule has 4 aromatic carbocycles. The first-order valence-electron chi connectivity index (χ1n) is 25.2. The van der Waals surface area contributed by atoms with Crippen LogP contribution >= 0.6 is 22.6 Å². The van der Waals surface area contributed by atoms with Crippen molar-refractivity contribution < 1.29 is 23.8 Å². The van der Waals surface area contributed by atoms with E-state index in [2.05, 4.69) is 100 Å². The molecule has 2 aromatic heterocycles. The van der Waals surface area contributed by atoms with E-state index in [-0.39, 0.29) is 23.9 Å². The summed E-state index contributed by atoms with van der Waals surface area (Å²) in [6, 6.07) is 23.2. The van der Waals surface area contributed by atoms with Crippen molar-refractivity contribution >= 4 is 45.8 Å². The van der Waals surface area contributed by atoms with Crippen LogP contribution in [-0.4, -0.2) is 131 Å². The quantitative estimate of drug-likeness (QED) is 0.0523. The van der Waals surface area contributed by atoms with Crippen LogP contribution in [0.25, 0.3) is 22.3 Å². The summed E-state index contributed by atoms with van der Waals surface area (Å²) in [7, 11) is 5.22. The molecule has 378 valence electrons. The summed E-state index contributed by atoms with van der Waals surface area (Å²) < 4.78 is 21.8. The minimum Gasteiger partial charge on any atom is -0.497 e. The van der Waals surface area contributed by atoms with Crippen LogP contribution in [0.1, 0.15) is 80.9 Å². The van der Waals surface area contributed by atoms with Crippen molar-refractivity contribution in [3.8, 4) is 33.8 Å². The summed E-state index contributed by atoms with van der Waals surface area (Å²) in [6.45, 7) is 17.0. The molecule has 2 N–H and O–H groups in total. The molecule has 6 heterocycles. The second kappa shape index (κ2) is 21.3. The van der Waals surface area contributed by atoms with E-state index in [9.17, 15) is 9.59 Å². The van der Waals surface area contributed by atoms with Crippen LogP contribution in [0, 0.1) is 19.8 Å². The number of nitrogens with one attached hydrogen (secondary N) is 2. The number of halogens is 1. The Balaban J connectivity index is 0.880. The molecule has 10 rings (SSSR count). The van der Waals surface area contributed by atoms with Crippen molar-refractivity contribution in [1.29, 1.82) is 0 Å². The van der Waals surface area contributed by atoms with Crippen LogP contribution in [0.5, 0.6) is 11.5 Å². The third kappa shape index (κ3) is 10.6. The number of carbonyl (C=O) groups is 2. The maximum atomic E-state index is 14.6. The highest BCUT2D eigenvalue weighted by Gasteiger charge is 2.43. The van der Waals surface area contributed by atoms with Gasteiger partial charge in [-0.2, -0.15) is 10.2 Å². The Labute approximate surface area is 436 Å². The Bertz CT molecular complexity index is 2940. The number of hydrogen-bond acceptors (Lipinski definition) is 11. The number of aromatic nitrogens is 4. The molecule has 4 saturated heterocycles. The number of anilines is 2. The maximum Gasteiger partial charge on any atom is 0.252 e. The molecule has 6 aromatic rings. The van der Waals surface area contributed by atoms with E-state index in [0.717, 1.165) is 125 Å². The number of fused-ring (bicyclic) bond motifs is 2. The van der Waals surface area contributed by atoms with E-state index in [0.29, 0.717) is 47.2 Å². The smallest absolute Gasteiger partial charge is 0.252 e. The number of amides is 2. The van der Waals surface area contributed by atoms with E-state index in [1.54, 1.807) is 18.9 Å². The molecule has 2 bridgehead atoms. The van der Waals surface area contributed by atoms with Crippen molar-refractivity contribution in [2.45, 2.75) is 64.8 Å². The molecule has 15 nitrogen and oxygen atoms in total. The molecule has 4 atom stereocenters. The largest absolute Gasteiger partial charge is 0.497 e. The zero-order valence-corrected chi connectivity index (χ0v) is 44.7. The number of ether oxygens (including phenoxy) is 3. The highest BCUT2D eigenvalue weighted by molar-refractivity contribution is 14.1. The minimum atomic E-state index is -0.316. The van der Waals surface area contributed by atoms with Crippen LogP contribution in [0.4, 0.5) is 11.4 Å². The number of rotatable bonds is 17. The molecule has 16 heteroatoms. The van der Waals surface area contributed by atoms with Gasteiger partial charge in [-0.05, 0) is 134 Å². The van der Waals surface area contributed by atoms with E-state index in [1.165, 1.54) is 6.42 Å². The summed E-state index contributed by atoms with van der Waals surface area (Å²) in [5, 5.41) is 15.9. The Kier molecular flexibility index (Phi) is 14.6. The fraction of sp³-hybridized carbons (Fsp3) is 0.429. The fourth-order valence-corrected chi connectivity index (χ4v) is 11.7. The van der Waals surface area contributed by atoms with Gasteiger partial charge in [0.15, 0.2) is 0 Å². The van der Waals surface area contributed by atoms with Crippen molar-refractivity contribution in [2.24, 2.45) is 13.0 Å². The molecule has 0 unspecified atom stereocenters. The number of carbonyl (C=O) groups excluding carboxylic acids is 2. The van der Waals surface area contributed by atoms with Gasteiger partial charge in [-0.3, -0.25) is 28.8 Å². The Hall–Kier alpha value is -5.95. The second-order valence-electron chi connectivity index (χ2n) is 20.3. The number of likely N-dealkylation sites (tertiary alicyclic amines) is 1. The van der Waals surface area contributed by atoms with Gasteiger partial charge in [-0.15, -0.1) is 0 Å². The normalized spacial score (nSPS) is 19.1. The predicted octanol–water partition coefficient (Wildman–Crippen LogP) is 8.04. The van der Waals surface area contributed by atoms with Crippen molar-refractivity contribution in [3.05, 3.63) is 130 Å². The summed E-state index contributed by atoms with van der Waals surface area (Å²) in [5.41, 5.74) is 11.9. The topological polar surface area (TPSA) is 134 Å². The number of hydrogen-bond donors (Lipinski definition) is 2. The summed E-state index contributed by atoms with van der Waals surface area (Å²) in [5.74, 6) is 1.76. The van der Waals surface area contributed by atoms with Gasteiger partial charge in [-0.25, -0.2) is 0 Å². The van der Waals surface area contributed by atoms with E-state index in [4.69, 9.17) is 19.3 Å². The highest BCUT2D eigenvalue weighted by Crippen LogP contribution is 2.37. The molecule has 0 saturated carbocycles. The number of methoxy groups -OCH3 is 2. The first-order valence-corrected chi connectivity index (χ1v) is 26.7. The first kappa shape index (κ1) is 49.6. The average molecular weight is 1090 g/mol. The van der Waals surface area contributed by atoms with Crippen LogP contribution in [0.15, 0.2) is 91.5 Å². The lowest BCUT2D eigenvalue weighted by Crippen LogP contribution is -2.50. The third-order valence-corrected chi connectivity index (χ3v) is 16.2. The number of nitrogens with zero attached hydrogens (tertiary/aromatic N) is 8. The van der Waals surface area contributed by atoms with Crippen molar-refractivity contribution in [1.82, 2.24) is 40.0 Å². The molecule has 0 aliphatic carbocycles. The van der Waals surface area contributed by atoms with E-state index < -0.39 is 0 Å². The molecule has 2 amide bonds. The van der Waals surface area contributed by atoms with Crippen molar-refractivity contribution in [3.63, 3.8) is 0 Å². The van der Waals surface area contributed by atoms with Crippen LogP contribution < -0.4 is 29.9 Å². The van der Waals surface area contributed by atoms with E-state index >= 15 is 0 Å². The fourth-order valence-electron chi connectivity index (χ4n) is 10.9. The summed E-state index contributed by atoms with van der Waals surface area (Å²) in [6.07, 6.45) is 8.89. The zero-order valence-electron chi connectivity index (χ0n) is 42.5. The van der Waals surface area contributed by atoms with Crippen molar-refractivity contribution in [2.75, 3.05) is 87.6 Å². The molecule has 0 radical (unpaired) electrons. The second-order valence-corrected chi connectivity index (χ2v) is 20.9.